The van der Waals surface area contributed by atoms with Gasteiger partial charge in [-0.1, -0.05) is 57.7 Å². The van der Waals surface area contributed by atoms with Gasteiger partial charge in [-0.2, -0.15) is 0 Å². The number of esters is 1. The first-order chi connectivity index (χ1) is 9.42. The third-order valence-electron chi connectivity index (χ3n) is 2.46. The van der Waals surface area contributed by atoms with E-state index in [0.717, 1.165) is 12.0 Å². The van der Waals surface area contributed by atoms with Gasteiger partial charge in [-0.25, -0.2) is 4.79 Å². The lowest BCUT2D eigenvalue weighted by molar-refractivity contribution is -0.143. The van der Waals surface area contributed by atoms with Crippen molar-refractivity contribution in [3.05, 3.63) is 48.6 Å². The van der Waals surface area contributed by atoms with Crippen LogP contribution in [-0.2, 0) is 14.3 Å². The van der Waals surface area contributed by atoms with Crippen LogP contribution in [-0.4, -0.2) is 17.0 Å². The highest BCUT2D eigenvalue weighted by Gasteiger charge is 2.11. The molecule has 4 heteroatoms. The van der Waals surface area contributed by atoms with Gasteiger partial charge >= 0.3 is 11.9 Å². The first-order valence-corrected chi connectivity index (χ1v) is 6.53. The van der Waals surface area contributed by atoms with Crippen molar-refractivity contribution in [2.24, 2.45) is 5.92 Å². The van der Waals surface area contributed by atoms with Crippen LogP contribution in [0.5, 0.6) is 0 Å². The molecule has 0 aliphatic carbocycles. The first-order valence-electron chi connectivity index (χ1n) is 6.53. The van der Waals surface area contributed by atoms with E-state index in [0.29, 0.717) is 0 Å². The number of benzene rings is 1. The molecule has 0 radical (unpaired) electrons. The molecule has 0 bridgehead atoms. The lowest BCUT2D eigenvalue weighted by atomic mass is 10.1. The summed E-state index contributed by atoms with van der Waals surface area (Å²) >= 11 is 0. The van der Waals surface area contributed by atoms with Crippen molar-refractivity contribution < 1.29 is 19.4 Å². The zero-order valence-electron chi connectivity index (χ0n) is 12.2. The Kier molecular flexibility index (Phi) is 8.75. The van der Waals surface area contributed by atoms with Crippen molar-refractivity contribution in [3.63, 3.8) is 0 Å². The Balaban J connectivity index is 0.000000511. The molecule has 0 fully saturated rings. The summed E-state index contributed by atoms with van der Waals surface area (Å²) in [5.41, 5.74) is 1.02. The van der Waals surface area contributed by atoms with Crippen LogP contribution in [0, 0.1) is 5.92 Å². The maximum Gasteiger partial charge on any atom is 0.330 e. The SMILES string of the molecule is C=CC(=O)OC(CC)c1ccccc1.CC(C)C(=O)O. The zero-order chi connectivity index (χ0) is 15.5. The van der Waals surface area contributed by atoms with Crippen LogP contribution in [0.4, 0.5) is 0 Å². The molecule has 4 nitrogen and oxygen atoms in total. The predicted octanol–water partition coefficient (Wildman–Crippen LogP) is 3.59. The largest absolute Gasteiger partial charge is 0.481 e. The number of carbonyl (C=O) groups is 2. The summed E-state index contributed by atoms with van der Waals surface area (Å²) in [7, 11) is 0. The number of ether oxygens (including phenoxy) is 1. The van der Waals surface area contributed by atoms with Gasteiger partial charge in [0.25, 0.3) is 0 Å². The summed E-state index contributed by atoms with van der Waals surface area (Å²) in [6.45, 7) is 8.63. The summed E-state index contributed by atoms with van der Waals surface area (Å²) in [4.78, 5) is 20.7. The molecule has 1 rings (SSSR count). The number of rotatable bonds is 5. The van der Waals surface area contributed by atoms with Gasteiger partial charge in [0.15, 0.2) is 0 Å². The smallest absolute Gasteiger partial charge is 0.330 e. The lowest BCUT2D eigenvalue weighted by Crippen LogP contribution is -2.08. The minimum Gasteiger partial charge on any atom is -0.481 e. The third-order valence-corrected chi connectivity index (χ3v) is 2.46. The summed E-state index contributed by atoms with van der Waals surface area (Å²) in [6.07, 6.45) is 1.79. The van der Waals surface area contributed by atoms with Crippen LogP contribution in [0.15, 0.2) is 43.0 Å². The molecule has 0 aliphatic heterocycles. The molecule has 0 amide bonds. The molecule has 0 saturated heterocycles. The summed E-state index contributed by atoms with van der Waals surface area (Å²) in [5.74, 6) is -1.35. The molecule has 0 saturated carbocycles. The van der Waals surface area contributed by atoms with Crippen LogP contribution >= 0.6 is 0 Å². The number of aliphatic carboxylic acids is 1. The van der Waals surface area contributed by atoms with Crippen LogP contribution in [0.1, 0.15) is 38.9 Å². The summed E-state index contributed by atoms with van der Waals surface area (Å²) in [6, 6.07) is 9.69. The van der Waals surface area contributed by atoms with Crippen molar-refractivity contribution >= 4 is 11.9 Å². The molecule has 1 aromatic carbocycles. The van der Waals surface area contributed by atoms with E-state index < -0.39 is 5.97 Å². The number of carbonyl (C=O) groups excluding carboxylic acids is 1. The molecule has 0 aromatic heterocycles. The van der Waals surface area contributed by atoms with Gasteiger partial charge in [0.2, 0.25) is 0 Å². The fourth-order valence-electron chi connectivity index (χ4n) is 1.24. The average molecular weight is 278 g/mol. The molecule has 0 heterocycles. The van der Waals surface area contributed by atoms with Crippen molar-refractivity contribution in [3.8, 4) is 0 Å². The van der Waals surface area contributed by atoms with Crippen molar-refractivity contribution in [1.29, 1.82) is 0 Å². The van der Waals surface area contributed by atoms with E-state index in [9.17, 15) is 9.59 Å². The molecule has 1 aromatic rings. The Labute approximate surface area is 120 Å². The van der Waals surface area contributed by atoms with Crippen LogP contribution < -0.4 is 0 Å². The third kappa shape index (κ3) is 7.36. The van der Waals surface area contributed by atoms with E-state index in [2.05, 4.69) is 6.58 Å². The van der Waals surface area contributed by atoms with E-state index in [1.165, 1.54) is 6.08 Å². The molecule has 1 N–H and O–H groups in total. The Bertz CT molecular complexity index is 423. The maximum absolute atomic E-state index is 11.0. The molecule has 1 atom stereocenters. The fraction of sp³-hybridized carbons (Fsp3) is 0.375. The minimum atomic E-state index is -0.741. The van der Waals surface area contributed by atoms with Crippen LogP contribution in [0.3, 0.4) is 0 Å². The highest BCUT2D eigenvalue weighted by Crippen LogP contribution is 2.20. The van der Waals surface area contributed by atoms with Gasteiger partial charge in [0, 0.05) is 6.08 Å². The molecular weight excluding hydrogens is 256 g/mol. The van der Waals surface area contributed by atoms with E-state index in [4.69, 9.17) is 9.84 Å². The molecule has 1 unspecified atom stereocenters. The second kappa shape index (κ2) is 9.78. The van der Waals surface area contributed by atoms with Gasteiger partial charge in [-0.15, -0.1) is 0 Å². The normalized spacial score (nSPS) is 11.0. The number of hydrogen-bond donors (Lipinski definition) is 1. The van der Waals surface area contributed by atoms with Crippen LogP contribution in [0.25, 0.3) is 0 Å². The molecule has 20 heavy (non-hydrogen) atoms. The number of hydrogen-bond acceptors (Lipinski definition) is 3. The fourth-order valence-corrected chi connectivity index (χ4v) is 1.24. The molecule has 110 valence electrons. The van der Waals surface area contributed by atoms with E-state index >= 15 is 0 Å². The number of carboxylic acid groups (broad SMARTS) is 1. The van der Waals surface area contributed by atoms with Gasteiger partial charge in [-0.3, -0.25) is 4.79 Å². The van der Waals surface area contributed by atoms with E-state index in [-0.39, 0.29) is 18.0 Å². The van der Waals surface area contributed by atoms with Gasteiger partial charge in [0.1, 0.15) is 6.10 Å². The Morgan fingerprint density at radius 2 is 1.80 bits per heavy atom. The molecule has 0 aliphatic rings. The maximum atomic E-state index is 11.0. The van der Waals surface area contributed by atoms with E-state index in [1.54, 1.807) is 13.8 Å². The minimum absolute atomic E-state index is 0.165. The summed E-state index contributed by atoms with van der Waals surface area (Å²) in [5, 5.41) is 7.99. The van der Waals surface area contributed by atoms with Crippen LogP contribution in [0.2, 0.25) is 0 Å². The summed E-state index contributed by atoms with van der Waals surface area (Å²) < 4.78 is 5.18. The quantitative estimate of drug-likeness (QED) is 0.660. The second-order valence-electron chi connectivity index (χ2n) is 4.44. The standard InChI is InChI=1S/C12H14O2.C4H8O2/c1-3-11(14-12(13)4-2)10-8-6-5-7-9-10;1-3(2)4(5)6/h4-9,11H,2-3H2,1H3;3H,1-2H3,(H,5,6). The predicted molar refractivity (Wildman–Crippen MR) is 78.2 cm³/mol. The Hall–Kier alpha value is -2.10. The molecular formula is C16H22O4. The van der Waals surface area contributed by atoms with Gasteiger partial charge < -0.3 is 9.84 Å². The first kappa shape index (κ1) is 17.9. The monoisotopic (exact) mass is 278 g/mol. The van der Waals surface area contributed by atoms with Gasteiger partial charge in [0.05, 0.1) is 5.92 Å². The second-order valence-corrected chi connectivity index (χ2v) is 4.44. The van der Waals surface area contributed by atoms with Crippen molar-refractivity contribution in [2.45, 2.75) is 33.3 Å². The Morgan fingerprint density at radius 1 is 1.30 bits per heavy atom. The van der Waals surface area contributed by atoms with E-state index in [1.807, 2.05) is 37.3 Å². The van der Waals surface area contributed by atoms with Gasteiger partial charge in [-0.05, 0) is 12.0 Å². The molecule has 0 spiro atoms. The average Bonchev–Trinajstić information content (AvgIpc) is 2.45. The highest BCUT2D eigenvalue weighted by atomic mass is 16.5. The Morgan fingerprint density at radius 3 is 2.15 bits per heavy atom. The topological polar surface area (TPSA) is 63.6 Å². The zero-order valence-corrected chi connectivity index (χ0v) is 12.2. The number of carboxylic acids is 1. The highest BCUT2D eigenvalue weighted by molar-refractivity contribution is 5.81. The van der Waals surface area contributed by atoms with Crippen molar-refractivity contribution in [2.75, 3.05) is 0 Å². The lowest BCUT2D eigenvalue weighted by Gasteiger charge is -2.14. The van der Waals surface area contributed by atoms with Crippen molar-refractivity contribution in [1.82, 2.24) is 0 Å².